The van der Waals surface area contributed by atoms with Crippen LogP contribution in [-0.4, -0.2) is 9.15 Å². The lowest BCUT2D eigenvalue weighted by molar-refractivity contribution is 1.16. The van der Waals surface area contributed by atoms with Gasteiger partial charge in [0, 0.05) is 6.20 Å². The number of pyridine rings is 1. The Hall–Kier alpha value is -0.880. The molecule has 0 unspecified atom stereocenters. The molecule has 2 aromatic rings. The predicted molar refractivity (Wildman–Crippen MR) is 42.4 cm³/mol. The van der Waals surface area contributed by atoms with Crippen LogP contribution in [0.15, 0.2) is 24.3 Å². The van der Waals surface area contributed by atoms with Crippen LogP contribution in [-0.2, 0) is 0 Å². The van der Waals surface area contributed by atoms with Crippen molar-refractivity contribution in [2.75, 3.05) is 0 Å². The van der Waals surface area contributed by atoms with E-state index in [0.29, 0.717) is 0 Å². The Morgan fingerprint density at radius 3 is 3.30 bits per heavy atom. The largest absolute Gasteiger partial charge is 0.302 e. The molecule has 50 valence electrons. The van der Waals surface area contributed by atoms with E-state index in [2.05, 4.69) is 22.1 Å². The molecule has 0 saturated heterocycles. The maximum Gasteiger partial charge on any atom is 0.144 e. The lowest BCUT2D eigenvalue weighted by atomic mass is 10.3. The summed E-state index contributed by atoms with van der Waals surface area (Å²) in [6.45, 7) is 2.07. The van der Waals surface area contributed by atoms with Crippen molar-refractivity contribution in [3.05, 3.63) is 29.8 Å². The average Bonchev–Trinajstić information content (AvgIpc) is 2.36. The Kier molecular flexibility index (Phi) is 1.21. The van der Waals surface area contributed by atoms with Gasteiger partial charge in [-0.3, -0.25) is 0 Å². The fraction of sp³-hybridized carbons (Fsp3) is 0.143. The molecule has 0 aliphatic carbocycles. The molecule has 0 aliphatic rings. The van der Waals surface area contributed by atoms with E-state index in [1.54, 1.807) is 0 Å². The molecule has 0 radical (unpaired) electrons. The average molecular weight is 150 g/mol. The minimum atomic E-state index is 1.04. The minimum Gasteiger partial charge on any atom is -0.302 e. The summed E-state index contributed by atoms with van der Waals surface area (Å²) in [6, 6.07) is 4.11. The van der Waals surface area contributed by atoms with Crippen molar-refractivity contribution in [1.29, 1.82) is 0 Å². The van der Waals surface area contributed by atoms with E-state index in [0.717, 1.165) is 14.0 Å². The van der Waals surface area contributed by atoms with Crippen LogP contribution < -0.4 is 0 Å². The highest BCUT2D eigenvalue weighted by Crippen LogP contribution is 2.10. The lowest BCUT2D eigenvalue weighted by Gasteiger charge is -1.93. The third kappa shape index (κ3) is 0.729. The molecule has 0 aromatic carbocycles. The van der Waals surface area contributed by atoms with Crippen LogP contribution in [0.25, 0.3) is 5.65 Å². The molecule has 2 nitrogen and oxygen atoms in total. The number of hydrogen-bond donors (Lipinski definition) is 0. The van der Waals surface area contributed by atoms with Crippen molar-refractivity contribution in [1.82, 2.24) is 9.15 Å². The van der Waals surface area contributed by atoms with Crippen LogP contribution in [0.3, 0.4) is 0 Å². The monoisotopic (exact) mass is 150 g/mol. The van der Waals surface area contributed by atoms with E-state index in [4.69, 9.17) is 0 Å². The van der Waals surface area contributed by atoms with Gasteiger partial charge in [-0.05, 0) is 18.6 Å². The first-order chi connectivity index (χ1) is 4.88. The fourth-order valence-electron chi connectivity index (χ4n) is 0.989. The van der Waals surface area contributed by atoms with Gasteiger partial charge in [0.2, 0.25) is 0 Å². The fourth-order valence-corrected chi connectivity index (χ4v) is 1.71. The normalized spacial score (nSPS) is 11.3. The molecule has 0 spiro atoms. The molecule has 2 aromatic heterocycles. The summed E-state index contributed by atoms with van der Waals surface area (Å²) in [5, 5.41) is 0. The summed E-state index contributed by atoms with van der Waals surface area (Å²) in [5.74, 6) is 2.04. The van der Waals surface area contributed by atoms with E-state index >= 15 is 0 Å². The first-order valence-corrected chi connectivity index (χ1v) is 4.04. The highest BCUT2D eigenvalue weighted by atomic mass is 31.0. The SMILES string of the molecule is Cc1cccn2cpnc12. The summed E-state index contributed by atoms with van der Waals surface area (Å²) in [4.78, 5) is 0. The molecule has 0 bridgehead atoms. The molecule has 2 rings (SSSR count). The molecule has 0 aliphatic heterocycles. The first kappa shape index (κ1) is 5.87. The van der Waals surface area contributed by atoms with Crippen LogP contribution in [0.5, 0.6) is 0 Å². The van der Waals surface area contributed by atoms with E-state index in [-0.39, 0.29) is 0 Å². The van der Waals surface area contributed by atoms with Gasteiger partial charge in [0.1, 0.15) is 5.65 Å². The summed E-state index contributed by atoms with van der Waals surface area (Å²) < 4.78 is 6.33. The van der Waals surface area contributed by atoms with Gasteiger partial charge in [0.15, 0.2) is 0 Å². The van der Waals surface area contributed by atoms with Crippen LogP contribution in [0.2, 0.25) is 0 Å². The Morgan fingerprint density at radius 1 is 1.60 bits per heavy atom. The molecular formula is C7H7N2P. The predicted octanol–water partition coefficient (Wildman–Crippen LogP) is 2.22. The third-order valence-corrected chi connectivity index (χ3v) is 2.18. The van der Waals surface area contributed by atoms with Gasteiger partial charge in [-0.1, -0.05) is 6.07 Å². The second kappa shape index (κ2) is 2.06. The van der Waals surface area contributed by atoms with Crippen molar-refractivity contribution in [3.8, 4) is 0 Å². The smallest absolute Gasteiger partial charge is 0.144 e. The van der Waals surface area contributed by atoms with Crippen molar-refractivity contribution >= 4 is 14.0 Å². The molecular weight excluding hydrogens is 143 g/mol. The zero-order valence-corrected chi connectivity index (χ0v) is 6.55. The van der Waals surface area contributed by atoms with E-state index in [9.17, 15) is 0 Å². The number of hydrogen-bond acceptors (Lipinski definition) is 1. The summed E-state index contributed by atoms with van der Waals surface area (Å²) in [7, 11) is 1.04. The van der Waals surface area contributed by atoms with Crippen molar-refractivity contribution in [2.45, 2.75) is 6.92 Å². The first-order valence-electron chi connectivity index (χ1n) is 3.13. The highest BCUT2D eigenvalue weighted by molar-refractivity contribution is 7.24. The maximum absolute atomic E-state index is 4.28. The zero-order chi connectivity index (χ0) is 6.97. The molecule has 10 heavy (non-hydrogen) atoms. The molecule has 2 heterocycles. The third-order valence-electron chi connectivity index (χ3n) is 1.52. The molecule has 0 atom stereocenters. The Bertz CT molecular complexity index is 353. The second-order valence-corrected chi connectivity index (χ2v) is 2.91. The van der Waals surface area contributed by atoms with Crippen LogP contribution >= 0.6 is 8.35 Å². The molecule has 0 fully saturated rings. The summed E-state index contributed by atoms with van der Waals surface area (Å²) >= 11 is 0. The van der Waals surface area contributed by atoms with Crippen LogP contribution in [0.4, 0.5) is 0 Å². The molecule has 0 saturated carbocycles. The molecule has 0 N–H and O–H groups in total. The second-order valence-electron chi connectivity index (χ2n) is 2.25. The summed E-state index contributed by atoms with van der Waals surface area (Å²) in [5.41, 5.74) is 2.33. The Balaban J connectivity index is 2.95. The van der Waals surface area contributed by atoms with E-state index < -0.39 is 0 Å². The number of nitrogens with zero attached hydrogens (tertiary/aromatic N) is 2. The topological polar surface area (TPSA) is 17.3 Å². The minimum absolute atomic E-state index is 1.04. The number of rotatable bonds is 0. The van der Waals surface area contributed by atoms with Crippen molar-refractivity contribution in [3.63, 3.8) is 0 Å². The van der Waals surface area contributed by atoms with Gasteiger partial charge < -0.3 is 4.40 Å². The molecule has 3 heteroatoms. The van der Waals surface area contributed by atoms with Gasteiger partial charge in [0.25, 0.3) is 0 Å². The Labute approximate surface area is 60.7 Å². The number of aromatic nitrogens is 2. The molecule has 0 amide bonds. The lowest BCUT2D eigenvalue weighted by Crippen LogP contribution is -1.83. The van der Waals surface area contributed by atoms with Gasteiger partial charge in [0.05, 0.1) is 14.3 Å². The Morgan fingerprint density at radius 2 is 2.50 bits per heavy atom. The van der Waals surface area contributed by atoms with Gasteiger partial charge in [-0.15, -0.1) is 0 Å². The zero-order valence-electron chi connectivity index (χ0n) is 5.65. The number of fused-ring (bicyclic) bond motifs is 1. The van der Waals surface area contributed by atoms with Crippen molar-refractivity contribution < 1.29 is 0 Å². The highest BCUT2D eigenvalue weighted by Gasteiger charge is 1.94. The van der Waals surface area contributed by atoms with Gasteiger partial charge in [-0.25, -0.2) is 4.75 Å². The van der Waals surface area contributed by atoms with Crippen LogP contribution in [0.1, 0.15) is 5.56 Å². The quantitative estimate of drug-likeness (QED) is 0.562. The standard InChI is InChI=1S/C7H7N2P/c1-6-3-2-4-9-5-10-8-7(6)9/h2-5H,1H3. The number of aryl methyl sites for hydroxylation is 1. The van der Waals surface area contributed by atoms with Crippen LogP contribution in [0, 0.1) is 6.92 Å². The van der Waals surface area contributed by atoms with E-state index in [1.165, 1.54) is 5.56 Å². The van der Waals surface area contributed by atoms with Crippen molar-refractivity contribution in [2.24, 2.45) is 0 Å². The van der Waals surface area contributed by atoms with E-state index in [1.807, 2.05) is 18.2 Å². The summed E-state index contributed by atoms with van der Waals surface area (Å²) in [6.07, 6.45) is 2.02. The maximum atomic E-state index is 4.28. The van der Waals surface area contributed by atoms with Gasteiger partial charge >= 0.3 is 0 Å². The van der Waals surface area contributed by atoms with Gasteiger partial charge in [-0.2, -0.15) is 0 Å².